The number of para-hydroxylation sites is 3. The number of nitrogens with one attached hydrogen (secondary N) is 2. The number of carbonyl (C=O) groups excluding carboxylic acids is 1. The second kappa shape index (κ2) is 10.7. The molecule has 0 spiro atoms. The van der Waals surface area contributed by atoms with Crippen molar-refractivity contribution in [1.82, 2.24) is 0 Å². The van der Waals surface area contributed by atoms with Crippen LogP contribution in [0.4, 0.5) is 17.1 Å². The maximum absolute atomic E-state index is 13.5. The lowest BCUT2D eigenvalue weighted by Gasteiger charge is -2.23. The van der Waals surface area contributed by atoms with Crippen LogP contribution >= 0.6 is 0 Å². The van der Waals surface area contributed by atoms with Crippen LogP contribution in [0.1, 0.15) is 18.4 Å². The van der Waals surface area contributed by atoms with Crippen LogP contribution in [0.3, 0.4) is 0 Å². The van der Waals surface area contributed by atoms with Crippen LogP contribution in [0.15, 0.2) is 71.6 Å². The Bertz CT molecular complexity index is 1300. The number of hydrogen-bond acceptors (Lipinski definition) is 6. The molecule has 1 amide bonds. The van der Waals surface area contributed by atoms with Crippen LogP contribution in [0, 0.1) is 6.92 Å². The molecule has 0 aromatic heterocycles. The molecule has 1 aliphatic heterocycles. The van der Waals surface area contributed by atoms with E-state index in [1.165, 1.54) is 13.2 Å². The molecule has 0 atom stereocenters. The van der Waals surface area contributed by atoms with E-state index in [-0.39, 0.29) is 17.4 Å². The number of amides is 1. The van der Waals surface area contributed by atoms with Crippen molar-refractivity contribution in [2.45, 2.75) is 24.7 Å². The van der Waals surface area contributed by atoms with Gasteiger partial charge in [-0.05, 0) is 61.7 Å². The number of rotatable bonds is 9. The summed E-state index contributed by atoms with van der Waals surface area (Å²) < 4.78 is 40.6. The third-order valence-electron chi connectivity index (χ3n) is 5.78. The molecule has 0 radical (unpaired) electrons. The molecular weight excluding hydrogens is 466 g/mol. The molecule has 1 heterocycles. The summed E-state index contributed by atoms with van der Waals surface area (Å²) in [5, 5.41) is 2.75. The Kier molecular flexibility index (Phi) is 7.45. The number of hydrogen-bond donors (Lipinski definition) is 2. The lowest BCUT2D eigenvalue weighted by Crippen LogP contribution is -2.24. The monoisotopic (exact) mass is 495 g/mol. The van der Waals surface area contributed by atoms with E-state index in [0.29, 0.717) is 28.6 Å². The minimum absolute atomic E-state index is 0.0860. The number of carbonyl (C=O) groups is 1. The summed E-state index contributed by atoms with van der Waals surface area (Å²) in [6.07, 6.45) is 1.99. The van der Waals surface area contributed by atoms with E-state index in [9.17, 15) is 13.2 Å². The number of ether oxygens (including phenoxy) is 2. The summed E-state index contributed by atoms with van der Waals surface area (Å²) in [5.74, 6) is 0.649. The zero-order valence-corrected chi connectivity index (χ0v) is 20.6. The van der Waals surface area contributed by atoms with Crippen molar-refractivity contribution in [2.75, 3.05) is 41.7 Å². The third kappa shape index (κ3) is 5.86. The second-order valence-corrected chi connectivity index (χ2v) is 9.94. The van der Waals surface area contributed by atoms with Crippen LogP contribution in [0.5, 0.6) is 11.5 Å². The highest BCUT2D eigenvalue weighted by atomic mass is 32.2. The van der Waals surface area contributed by atoms with Gasteiger partial charge in [0.2, 0.25) is 0 Å². The fourth-order valence-electron chi connectivity index (χ4n) is 4.01. The van der Waals surface area contributed by atoms with Gasteiger partial charge >= 0.3 is 0 Å². The summed E-state index contributed by atoms with van der Waals surface area (Å²) in [6.45, 7) is 3.25. The normalized spacial score (nSPS) is 13.4. The summed E-state index contributed by atoms with van der Waals surface area (Å²) in [4.78, 5) is 14.7. The Morgan fingerprint density at radius 2 is 1.66 bits per heavy atom. The van der Waals surface area contributed by atoms with Crippen molar-refractivity contribution in [2.24, 2.45) is 0 Å². The van der Waals surface area contributed by atoms with E-state index in [1.54, 1.807) is 42.5 Å². The van der Waals surface area contributed by atoms with Crippen LogP contribution < -0.4 is 24.4 Å². The van der Waals surface area contributed by atoms with Gasteiger partial charge in [-0.25, -0.2) is 8.42 Å². The number of benzene rings is 3. The van der Waals surface area contributed by atoms with Gasteiger partial charge in [0, 0.05) is 18.8 Å². The average molecular weight is 496 g/mol. The highest BCUT2D eigenvalue weighted by Crippen LogP contribution is 2.34. The molecule has 3 aromatic rings. The third-order valence-corrected chi connectivity index (χ3v) is 7.18. The van der Waals surface area contributed by atoms with Crippen LogP contribution in [0.25, 0.3) is 0 Å². The molecule has 1 fully saturated rings. The van der Waals surface area contributed by atoms with Gasteiger partial charge in [0.1, 0.15) is 16.4 Å². The lowest BCUT2D eigenvalue weighted by atomic mass is 10.2. The van der Waals surface area contributed by atoms with Gasteiger partial charge in [-0.15, -0.1) is 0 Å². The molecule has 35 heavy (non-hydrogen) atoms. The van der Waals surface area contributed by atoms with Gasteiger partial charge in [0.15, 0.2) is 6.61 Å². The van der Waals surface area contributed by atoms with E-state index in [2.05, 4.69) is 10.0 Å². The summed E-state index contributed by atoms with van der Waals surface area (Å²) in [5.41, 5.74) is 2.22. The maximum atomic E-state index is 13.5. The molecule has 0 unspecified atom stereocenters. The topological polar surface area (TPSA) is 97.0 Å². The van der Waals surface area contributed by atoms with Crippen molar-refractivity contribution < 1.29 is 22.7 Å². The zero-order chi connectivity index (χ0) is 24.8. The number of methoxy groups -OCH3 is 1. The predicted molar refractivity (Wildman–Crippen MR) is 137 cm³/mol. The quantitative estimate of drug-likeness (QED) is 0.456. The Hall–Kier alpha value is -3.72. The van der Waals surface area contributed by atoms with Crippen molar-refractivity contribution >= 4 is 33.0 Å². The summed E-state index contributed by atoms with van der Waals surface area (Å²) in [7, 11) is -2.50. The number of anilines is 3. The zero-order valence-electron chi connectivity index (χ0n) is 19.8. The molecule has 2 N–H and O–H groups in total. The van der Waals surface area contributed by atoms with Gasteiger partial charge in [-0.3, -0.25) is 9.52 Å². The van der Waals surface area contributed by atoms with Crippen LogP contribution in [-0.4, -0.2) is 41.1 Å². The van der Waals surface area contributed by atoms with Crippen molar-refractivity contribution in [3.05, 3.63) is 72.3 Å². The highest BCUT2D eigenvalue weighted by molar-refractivity contribution is 7.93. The SMILES string of the molecule is COc1ccccc1NS(=O)(=O)c1cc(NC(=O)COc2ccccc2C)ccc1N1CCCC1. The summed E-state index contributed by atoms with van der Waals surface area (Å²) in [6, 6.07) is 19.2. The number of sulfonamides is 1. The Morgan fingerprint density at radius 3 is 2.37 bits per heavy atom. The first-order chi connectivity index (χ1) is 16.9. The fourth-order valence-corrected chi connectivity index (χ4v) is 5.34. The fraction of sp³-hybridized carbons (Fsp3) is 0.269. The van der Waals surface area contributed by atoms with Crippen molar-refractivity contribution in [3.8, 4) is 11.5 Å². The van der Waals surface area contributed by atoms with E-state index in [4.69, 9.17) is 9.47 Å². The molecule has 0 bridgehead atoms. The second-order valence-electron chi connectivity index (χ2n) is 8.28. The molecular formula is C26H29N3O5S. The number of aryl methyl sites for hydroxylation is 1. The average Bonchev–Trinajstić information content (AvgIpc) is 3.38. The van der Waals surface area contributed by atoms with Crippen LogP contribution in [0.2, 0.25) is 0 Å². The van der Waals surface area contributed by atoms with Gasteiger partial charge < -0.3 is 19.7 Å². The van der Waals surface area contributed by atoms with Crippen molar-refractivity contribution in [3.63, 3.8) is 0 Å². The van der Waals surface area contributed by atoms with E-state index < -0.39 is 10.0 Å². The van der Waals surface area contributed by atoms with Crippen LogP contribution in [-0.2, 0) is 14.8 Å². The minimum Gasteiger partial charge on any atom is -0.495 e. The first kappa shape index (κ1) is 24.4. The lowest BCUT2D eigenvalue weighted by molar-refractivity contribution is -0.118. The Morgan fingerprint density at radius 1 is 0.971 bits per heavy atom. The molecule has 184 valence electrons. The molecule has 8 nitrogen and oxygen atoms in total. The Labute approximate surface area is 205 Å². The molecule has 1 saturated heterocycles. The molecule has 9 heteroatoms. The van der Waals surface area contributed by atoms with Gasteiger partial charge in [-0.2, -0.15) is 0 Å². The van der Waals surface area contributed by atoms with E-state index >= 15 is 0 Å². The van der Waals surface area contributed by atoms with Gasteiger partial charge in [0.05, 0.1) is 18.5 Å². The first-order valence-corrected chi connectivity index (χ1v) is 12.9. The van der Waals surface area contributed by atoms with Crippen molar-refractivity contribution in [1.29, 1.82) is 0 Å². The first-order valence-electron chi connectivity index (χ1n) is 11.4. The van der Waals surface area contributed by atoms with E-state index in [1.807, 2.05) is 30.0 Å². The molecule has 4 rings (SSSR count). The smallest absolute Gasteiger partial charge is 0.264 e. The highest BCUT2D eigenvalue weighted by Gasteiger charge is 2.25. The minimum atomic E-state index is -3.99. The predicted octanol–water partition coefficient (Wildman–Crippen LogP) is 4.42. The van der Waals surface area contributed by atoms with Gasteiger partial charge in [0.25, 0.3) is 15.9 Å². The van der Waals surface area contributed by atoms with E-state index in [0.717, 1.165) is 31.5 Å². The largest absolute Gasteiger partial charge is 0.495 e. The summed E-state index contributed by atoms with van der Waals surface area (Å²) >= 11 is 0. The molecule has 0 aliphatic carbocycles. The van der Waals surface area contributed by atoms with Gasteiger partial charge in [-0.1, -0.05) is 30.3 Å². The Balaban J connectivity index is 1.58. The standard InChI is InChI=1S/C26H29N3O5S/c1-19-9-3-5-11-23(19)34-18-26(30)27-20-13-14-22(29-15-7-8-16-29)25(17-20)35(31,32)28-21-10-4-6-12-24(21)33-2/h3-6,9-14,17,28H,7-8,15-16,18H2,1-2H3,(H,27,30). The molecule has 0 saturated carbocycles. The molecule has 3 aromatic carbocycles. The molecule has 1 aliphatic rings. The number of nitrogens with zero attached hydrogens (tertiary/aromatic N) is 1. The maximum Gasteiger partial charge on any atom is 0.264 e.